The molecule has 1 aromatic carbocycles. The second-order valence-electron chi connectivity index (χ2n) is 6.25. The molecule has 0 amide bonds. The summed E-state index contributed by atoms with van der Waals surface area (Å²) in [6, 6.07) is 12.5. The molecule has 0 aromatic heterocycles. The molecule has 19 heavy (non-hydrogen) atoms. The number of hydrogen-bond donors (Lipinski definition) is 1. The van der Waals surface area contributed by atoms with E-state index in [0.717, 1.165) is 30.8 Å². The van der Waals surface area contributed by atoms with Crippen LogP contribution >= 0.6 is 0 Å². The molecule has 2 heteroatoms. The normalized spacial score (nSPS) is 34.6. The molecule has 0 aliphatic carbocycles. The predicted octanol–water partition coefficient (Wildman–Crippen LogP) is 3.03. The van der Waals surface area contributed by atoms with Crippen LogP contribution in [0.25, 0.3) is 0 Å². The SMILES string of the molecule is CN1[C@H]2CC[C@@H]1C(CCCO)C(c1ccccc1)C2. The van der Waals surface area contributed by atoms with Crippen LogP contribution in [0, 0.1) is 5.92 Å². The van der Waals surface area contributed by atoms with E-state index in [0.29, 0.717) is 12.5 Å². The molecule has 104 valence electrons. The van der Waals surface area contributed by atoms with Crippen molar-refractivity contribution in [3.63, 3.8) is 0 Å². The van der Waals surface area contributed by atoms with Gasteiger partial charge in [-0.15, -0.1) is 0 Å². The summed E-state index contributed by atoms with van der Waals surface area (Å²) in [6.45, 7) is 0.331. The smallest absolute Gasteiger partial charge is 0.0431 e. The minimum atomic E-state index is 0.331. The summed E-state index contributed by atoms with van der Waals surface area (Å²) in [5.41, 5.74) is 1.51. The molecular formula is C17H25NO. The van der Waals surface area contributed by atoms with Crippen LogP contribution in [0.4, 0.5) is 0 Å². The van der Waals surface area contributed by atoms with Gasteiger partial charge in [0.25, 0.3) is 0 Å². The van der Waals surface area contributed by atoms with Crippen molar-refractivity contribution in [3.8, 4) is 0 Å². The highest BCUT2D eigenvalue weighted by Crippen LogP contribution is 2.47. The molecule has 2 bridgehead atoms. The summed E-state index contributed by atoms with van der Waals surface area (Å²) in [6.07, 6.45) is 6.12. The van der Waals surface area contributed by atoms with Gasteiger partial charge in [0.05, 0.1) is 0 Å². The van der Waals surface area contributed by atoms with Crippen molar-refractivity contribution in [2.24, 2.45) is 5.92 Å². The maximum Gasteiger partial charge on any atom is 0.0431 e. The van der Waals surface area contributed by atoms with Gasteiger partial charge in [0.1, 0.15) is 0 Å². The van der Waals surface area contributed by atoms with E-state index in [-0.39, 0.29) is 0 Å². The summed E-state index contributed by atoms with van der Waals surface area (Å²) >= 11 is 0. The first-order valence-electron chi connectivity index (χ1n) is 7.69. The van der Waals surface area contributed by atoms with Crippen LogP contribution in [0.15, 0.2) is 30.3 Å². The second kappa shape index (κ2) is 5.64. The summed E-state index contributed by atoms with van der Waals surface area (Å²) in [4.78, 5) is 2.61. The Bertz CT molecular complexity index is 405. The quantitative estimate of drug-likeness (QED) is 0.898. The monoisotopic (exact) mass is 259 g/mol. The Kier molecular flexibility index (Phi) is 3.90. The largest absolute Gasteiger partial charge is 0.396 e. The van der Waals surface area contributed by atoms with E-state index < -0.39 is 0 Å². The number of nitrogens with zero attached hydrogens (tertiary/aromatic N) is 1. The van der Waals surface area contributed by atoms with E-state index in [4.69, 9.17) is 0 Å². The molecule has 2 aliphatic heterocycles. The van der Waals surface area contributed by atoms with E-state index >= 15 is 0 Å². The van der Waals surface area contributed by atoms with Gasteiger partial charge < -0.3 is 10.0 Å². The number of piperidine rings is 1. The van der Waals surface area contributed by atoms with Crippen LogP contribution in [0.5, 0.6) is 0 Å². The molecule has 0 saturated carbocycles. The molecule has 0 spiro atoms. The number of hydrogen-bond acceptors (Lipinski definition) is 2. The van der Waals surface area contributed by atoms with Gasteiger partial charge in [-0.25, -0.2) is 0 Å². The number of benzene rings is 1. The summed E-state index contributed by atoms with van der Waals surface area (Å²) < 4.78 is 0. The van der Waals surface area contributed by atoms with Gasteiger partial charge in [-0.05, 0) is 56.6 Å². The second-order valence-corrected chi connectivity index (χ2v) is 6.25. The van der Waals surface area contributed by atoms with Crippen LogP contribution in [0.3, 0.4) is 0 Å². The molecule has 2 saturated heterocycles. The number of rotatable bonds is 4. The topological polar surface area (TPSA) is 23.5 Å². The molecule has 1 N–H and O–H groups in total. The van der Waals surface area contributed by atoms with Crippen molar-refractivity contribution < 1.29 is 5.11 Å². The highest BCUT2D eigenvalue weighted by atomic mass is 16.2. The molecule has 1 aromatic rings. The Labute approximate surface area is 116 Å². The summed E-state index contributed by atoms with van der Waals surface area (Å²) in [5, 5.41) is 9.18. The van der Waals surface area contributed by atoms with E-state index in [9.17, 15) is 5.11 Å². The molecule has 2 fully saturated rings. The lowest BCUT2D eigenvalue weighted by molar-refractivity contribution is 0.0894. The van der Waals surface area contributed by atoms with E-state index in [1.807, 2.05) is 0 Å². The molecule has 2 unspecified atom stereocenters. The fraction of sp³-hybridized carbons (Fsp3) is 0.647. The minimum absolute atomic E-state index is 0.331. The van der Waals surface area contributed by atoms with Gasteiger partial charge in [-0.3, -0.25) is 0 Å². The lowest BCUT2D eigenvalue weighted by Crippen LogP contribution is -2.45. The van der Waals surface area contributed by atoms with Crippen molar-refractivity contribution in [2.45, 2.75) is 50.1 Å². The Morgan fingerprint density at radius 1 is 1.21 bits per heavy atom. The first-order chi connectivity index (χ1) is 9.31. The van der Waals surface area contributed by atoms with Crippen LogP contribution in [-0.2, 0) is 0 Å². The molecule has 0 radical (unpaired) electrons. The molecular weight excluding hydrogens is 234 g/mol. The number of fused-ring (bicyclic) bond motifs is 2. The van der Waals surface area contributed by atoms with Crippen LogP contribution in [0.2, 0.25) is 0 Å². The maximum atomic E-state index is 9.18. The van der Waals surface area contributed by atoms with Gasteiger partial charge in [0.15, 0.2) is 0 Å². The highest BCUT2D eigenvalue weighted by molar-refractivity contribution is 5.23. The van der Waals surface area contributed by atoms with Gasteiger partial charge in [0, 0.05) is 18.7 Å². The standard InChI is InChI=1S/C17H25NO/c1-18-14-9-10-17(18)15(8-5-11-19)16(12-14)13-6-3-2-4-7-13/h2-4,6-7,14-17,19H,5,8-12H2,1H3/t14-,15?,16?,17+/m0/s1. The van der Waals surface area contributed by atoms with E-state index in [1.165, 1.54) is 24.8 Å². The first-order valence-corrected chi connectivity index (χ1v) is 7.69. The third-order valence-corrected chi connectivity index (χ3v) is 5.36. The minimum Gasteiger partial charge on any atom is -0.396 e. The zero-order valence-corrected chi connectivity index (χ0v) is 11.8. The van der Waals surface area contributed by atoms with Crippen molar-refractivity contribution in [3.05, 3.63) is 35.9 Å². The lowest BCUT2D eigenvalue weighted by Gasteiger charge is -2.43. The molecule has 2 nitrogen and oxygen atoms in total. The lowest BCUT2D eigenvalue weighted by atomic mass is 9.74. The Balaban J connectivity index is 1.84. The summed E-state index contributed by atoms with van der Waals surface area (Å²) in [7, 11) is 2.30. The van der Waals surface area contributed by atoms with Crippen LogP contribution in [0.1, 0.15) is 43.6 Å². The highest BCUT2D eigenvalue weighted by Gasteiger charge is 2.45. The van der Waals surface area contributed by atoms with Crippen molar-refractivity contribution >= 4 is 0 Å². The number of aliphatic hydroxyl groups excluding tert-OH is 1. The van der Waals surface area contributed by atoms with E-state index in [2.05, 4.69) is 42.3 Å². The van der Waals surface area contributed by atoms with Crippen molar-refractivity contribution in [2.75, 3.05) is 13.7 Å². The first kappa shape index (κ1) is 13.1. The zero-order valence-electron chi connectivity index (χ0n) is 11.8. The fourth-order valence-electron chi connectivity index (χ4n) is 4.38. The molecule has 2 heterocycles. The zero-order chi connectivity index (χ0) is 13.2. The van der Waals surface area contributed by atoms with Crippen LogP contribution in [-0.4, -0.2) is 35.7 Å². The Morgan fingerprint density at radius 3 is 2.74 bits per heavy atom. The van der Waals surface area contributed by atoms with Crippen molar-refractivity contribution in [1.29, 1.82) is 0 Å². The van der Waals surface area contributed by atoms with Gasteiger partial charge >= 0.3 is 0 Å². The third kappa shape index (κ3) is 2.44. The molecule has 3 rings (SSSR count). The number of aliphatic hydroxyl groups is 1. The third-order valence-electron chi connectivity index (χ3n) is 5.36. The average molecular weight is 259 g/mol. The molecule has 4 atom stereocenters. The van der Waals surface area contributed by atoms with Gasteiger partial charge in [0.2, 0.25) is 0 Å². The van der Waals surface area contributed by atoms with E-state index in [1.54, 1.807) is 0 Å². The Hall–Kier alpha value is -0.860. The molecule has 2 aliphatic rings. The Morgan fingerprint density at radius 2 is 2.00 bits per heavy atom. The summed E-state index contributed by atoms with van der Waals surface area (Å²) in [5.74, 6) is 1.42. The fourth-order valence-corrected chi connectivity index (χ4v) is 4.38. The van der Waals surface area contributed by atoms with Gasteiger partial charge in [-0.1, -0.05) is 30.3 Å². The maximum absolute atomic E-state index is 9.18. The van der Waals surface area contributed by atoms with Crippen molar-refractivity contribution in [1.82, 2.24) is 4.90 Å². The van der Waals surface area contributed by atoms with Gasteiger partial charge in [-0.2, -0.15) is 0 Å². The average Bonchev–Trinajstić information content (AvgIpc) is 2.70. The predicted molar refractivity (Wildman–Crippen MR) is 78.2 cm³/mol. The van der Waals surface area contributed by atoms with Crippen LogP contribution < -0.4 is 0 Å².